The Bertz CT molecular complexity index is 1110. The molecule has 0 aromatic heterocycles. The summed E-state index contributed by atoms with van der Waals surface area (Å²) in [5, 5.41) is 5.95. The molecule has 4 aromatic rings. The highest BCUT2D eigenvalue weighted by Gasteiger charge is 2.46. The van der Waals surface area contributed by atoms with Gasteiger partial charge in [-0.25, -0.2) is 0 Å². The molecule has 136 valence electrons. The van der Waals surface area contributed by atoms with Gasteiger partial charge in [0.2, 0.25) is 0 Å². The second kappa shape index (κ2) is 6.80. The Morgan fingerprint density at radius 2 is 1.11 bits per heavy atom. The fourth-order valence-electron chi connectivity index (χ4n) is 4.48. The van der Waals surface area contributed by atoms with Crippen LogP contribution in [-0.2, 0) is 0 Å². The molecule has 0 atom stereocenters. The lowest BCUT2D eigenvalue weighted by atomic mass is 10.2. The van der Waals surface area contributed by atoms with Crippen LogP contribution in [-0.4, -0.2) is 8.07 Å². The van der Waals surface area contributed by atoms with Gasteiger partial charge in [-0.15, -0.1) is 0 Å². The molecule has 0 radical (unpaired) electrons. The number of hydrogen-bond acceptors (Lipinski definition) is 1. The topological polar surface area (TPSA) is 0 Å². The van der Waals surface area contributed by atoms with Crippen LogP contribution in [0.5, 0.6) is 0 Å². The summed E-state index contributed by atoms with van der Waals surface area (Å²) in [6.45, 7) is 4.41. The van der Waals surface area contributed by atoms with Crippen molar-refractivity contribution in [2.45, 2.75) is 23.6 Å². The third-order valence-corrected chi connectivity index (χ3v) is 12.1. The van der Waals surface area contributed by atoms with Gasteiger partial charge in [-0.05, 0) is 46.7 Å². The summed E-state index contributed by atoms with van der Waals surface area (Å²) in [5.41, 5.74) is 2.66. The maximum atomic E-state index is 2.44. The average Bonchev–Trinajstić information content (AvgIpc) is 2.73. The molecule has 0 amide bonds. The maximum absolute atomic E-state index is 2.44. The Hall–Kier alpha value is -2.55. The summed E-state index contributed by atoms with van der Waals surface area (Å²) in [6, 6.07) is 36.5. The fourth-order valence-corrected chi connectivity index (χ4v) is 11.6. The molecule has 1 heterocycles. The minimum atomic E-state index is -2.35. The monoisotopic (exact) mass is 394 g/mol. The van der Waals surface area contributed by atoms with Crippen LogP contribution in [0, 0.1) is 13.8 Å². The van der Waals surface area contributed by atoms with E-state index in [1.165, 1.54) is 41.7 Å². The first-order chi connectivity index (χ1) is 13.7. The van der Waals surface area contributed by atoms with Crippen molar-refractivity contribution in [3.8, 4) is 0 Å². The van der Waals surface area contributed by atoms with Gasteiger partial charge in [0, 0.05) is 9.79 Å². The Balaban J connectivity index is 1.98. The maximum Gasteiger partial charge on any atom is 0.181 e. The molecule has 0 saturated heterocycles. The molecule has 1 aliphatic heterocycles. The molecule has 5 rings (SSSR count). The predicted molar refractivity (Wildman–Crippen MR) is 124 cm³/mol. The van der Waals surface area contributed by atoms with Crippen molar-refractivity contribution in [1.82, 2.24) is 0 Å². The number of aryl methyl sites for hydroxylation is 2. The van der Waals surface area contributed by atoms with E-state index in [-0.39, 0.29) is 0 Å². The summed E-state index contributed by atoms with van der Waals surface area (Å²) in [4.78, 5) is 2.82. The fraction of sp³-hybridized carbons (Fsp3) is 0.0769. The normalized spacial score (nSPS) is 14.2. The van der Waals surface area contributed by atoms with Gasteiger partial charge in [-0.3, -0.25) is 0 Å². The van der Waals surface area contributed by atoms with Crippen LogP contribution in [0.15, 0.2) is 107 Å². The highest BCUT2D eigenvalue weighted by molar-refractivity contribution is 8.00. The van der Waals surface area contributed by atoms with Crippen LogP contribution in [0.1, 0.15) is 11.1 Å². The highest BCUT2D eigenvalue weighted by atomic mass is 32.2. The summed E-state index contributed by atoms with van der Waals surface area (Å²) in [7, 11) is -2.35. The lowest BCUT2D eigenvalue weighted by Gasteiger charge is -2.40. The van der Waals surface area contributed by atoms with Gasteiger partial charge >= 0.3 is 0 Å². The van der Waals surface area contributed by atoms with Crippen LogP contribution < -0.4 is 20.7 Å². The van der Waals surface area contributed by atoms with E-state index < -0.39 is 8.07 Å². The van der Waals surface area contributed by atoms with Gasteiger partial charge in [0.05, 0.1) is 0 Å². The third-order valence-electron chi connectivity index (χ3n) is 5.71. The minimum Gasteiger partial charge on any atom is -0.0903 e. The average molecular weight is 395 g/mol. The number of hydrogen-bond donors (Lipinski definition) is 0. The van der Waals surface area contributed by atoms with Gasteiger partial charge < -0.3 is 0 Å². The molecular weight excluding hydrogens is 372 g/mol. The molecule has 0 N–H and O–H groups in total. The smallest absolute Gasteiger partial charge is 0.0903 e. The van der Waals surface area contributed by atoms with Crippen LogP contribution in [0.2, 0.25) is 0 Å². The number of fused-ring (bicyclic) bond motifs is 2. The summed E-state index contributed by atoms with van der Waals surface area (Å²) in [5.74, 6) is 0. The van der Waals surface area contributed by atoms with E-state index in [4.69, 9.17) is 0 Å². The first kappa shape index (κ1) is 17.5. The zero-order chi connectivity index (χ0) is 19.1. The van der Waals surface area contributed by atoms with Crippen LogP contribution in [0.4, 0.5) is 0 Å². The third kappa shape index (κ3) is 2.60. The van der Waals surface area contributed by atoms with Crippen LogP contribution in [0.25, 0.3) is 0 Å². The number of benzene rings is 4. The number of rotatable bonds is 2. The zero-order valence-electron chi connectivity index (χ0n) is 16.1. The van der Waals surface area contributed by atoms with Crippen molar-refractivity contribution in [2.24, 2.45) is 0 Å². The van der Waals surface area contributed by atoms with E-state index in [2.05, 4.69) is 111 Å². The van der Waals surface area contributed by atoms with E-state index in [0.717, 1.165) is 0 Å². The zero-order valence-corrected chi connectivity index (χ0v) is 18.0. The Labute approximate surface area is 172 Å². The van der Waals surface area contributed by atoms with Crippen molar-refractivity contribution >= 4 is 40.6 Å². The Morgan fingerprint density at radius 3 is 1.75 bits per heavy atom. The Kier molecular flexibility index (Phi) is 4.26. The molecule has 4 aromatic carbocycles. The predicted octanol–water partition coefficient (Wildman–Crippen LogP) is 4.15. The largest absolute Gasteiger partial charge is 0.181 e. The molecule has 0 bridgehead atoms. The van der Waals surface area contributed by atoms with Crippen molar-refractivity contribution < 1.29 is 0 Å². The lowest BCUT2D eigenvalue weighted by molar-refractivity contribution is 1.34. The molecule has 0 saturated carbocycles. The molecule has 0 nitrogen and oxygen atoms in total. The van der Waals surface area contributed by atoms with E-state index in [1.54, 1.807) is 0 Å². The van der Waals surface area contributed by atoms with Crippen molar-refractivity contribution in [3.05, 3.63) is 108 Å². The van der Waals surface area contributed by atoms with Gasteiger partial charge in [-0.2, -0.15) is 0 Å². The van der Waals surface area contributed by atoms with E-state index in [0.29, 0.717) is 0 Å². The van der Waals surface area contributed by atoms with Crippen LogP contribution >= 0.6 is 11.8 Å². The first-order valence-electron chi connectivity index (χ1n) is 9.71. The van der Waals surface area contributed by atoms with Gasteiger partial charge in [0.15, 0.2) is 8.07 Å². The van der Waals surface area contributed by atoms with Crippen LogP contribution in [0.3, 0.4) is 0 Å². The second-order valence-electron chi connectivity index (χ2n) is 7.58. The summed E-state index contributed by atoms with van der Waals surface area (Å²) in [6.07, 6.45) is 0. The van der Waals surface area contributed by atoms with Crippen molar-refractivity contribution in [1.29, 1.82) is 0 Å². The second-order valence-corrected chi connectivity index (χ2v) is 12.4. The molecule has 28 heavy (non-hydrogen) atoms. The SMILES string of the molecule is Cc1ccc2c(c1)Sc1ccc(C)cc1[Si]2(c1ccccc1)c1ccccc1. The first-order valence-corrected chi connectivity index (χ1v) is 12.5. The van der Waals surface area contributed by atoms with E-state index in [1.807, 2.05) is 11.8 Å². The van der Waals surface area contributed by atoms with E-state index >= 15 is 0 Å². The van der Waals surface area contributed by atoms with Gasteiger partial charge in [-0.1, -0.05) is 108 Å². The summed E-state index contributed by atoms with van der Waals surface area (Å²) >= 11 is 1.93. The highest BCUT2D eigenvalue weighted by Crippen LogP contribution is 2.33. The molecular formula is C26H22SSi. The van der Waals surface area contributed by atoms with Gasteiger partial charge in [0.25, 0.3) is 0 Å². The minimum absolute atomic E-state index is 1.32. The van der Waals surface area contributed by atoms with E-state index in [9.17, 15) is 0 Å². The van der Waals surface area contributed by atoms with Crippen molar-refractivity contribution in [2.75, 3.05) is 0 Å². The molecule has 1 aliphatic rings. The standard InChI is InChI=1S/C26H22SSi/c1-19-14-16-25-24(17-19)27-23-15-13-20(2)18-26(23)28(25,21-9-5-3-6-10-21)22-11-7-4-8-12-22/h3-18H,1-2H3. The summed E-state index contributed by atoms with van der Waals surface area (Å²) < 4.78 is 0. The molecule has 0 fully saturated rings. The molecule has 0 unspecified atom stereocenters. The quantitative estimate of drug-likeness (QED) is 0.406. The van der Waals surface area contributed by atoms with Gasteiger partial charge in [0.1, 0.15) is 0 Å². The Morgan fingerprint density at radius 1 is 0.536 bits per heavy atom. The molecule has 0 spiro atoms. The molecule has 2 heteroatoms. The van der Waals surface area contributed by atoms with Crippen molar-refractivity contribution in [3.63, 3.8) is 0 Å². The molecule has 0 aliphatic carbocycles. The lowest BCUT2D eigenvalue weighted by Crippen LogP contribution is -2.76.